The van der Waals surface area contributed by atoms with Crippen LogP contribution in [0.1, 0.15) is 59.9 Å². The molecule has 1 aliphatic heterocycles. The first kappa shape index (κ1) is 28.7. The second-order valence-corrected chi connectivity index (χ2v) is 11.2. The second-order valence-electron chi connectivity index (χ2n) is 11.2. The van der Waals surface area contributed by atoms with E-state index in [9.17, 15) is 19.7 Å². The van der Waals surface area contributed by atoms with E-state index < -0.39 is 22.2 Å². The zero-order valence-electron chi connectivity index (χ0n) is 22.9. The molecule has 2 amide bonds. The molecule has 0 bridgehead atoms. The Morgan fingerprint density at radius 3 is 2.08 bits per heavy atom. The smallest absolute Gasteiger partial charge is 0.415 e. The molecule has 1 fully saturated rings. The Hall–Kier alpha value is -3.82. The van der Waals surface area contributed by atoms with Gasteiger partial charge in [-0.25, -0.2) is 9.59 Å². The lowest BCUT2D eigenvalue weighted by Crippen LogP contribution is -2.51. The van der Waals surface area contributed by atoms with Gasteiger partial charge in [-0.3, -0.25) is 15.0 Å². The molecule has 0 spiro atoms. The van der Waals surface area contributed by atoms with Crippen LogP contribution in [-0.4, -0.2) is 52.3 Å². The summed E-state index contributed by atoms with van der Waals surface area (Å²) in [6.07, 6.45) is 0.296. The van der Waals surface area contributed by atoms with Crippen LogP contribution >= 0.6 is 0 Å². The molecule has 0 N–H and O–H groups in total. The highest BCUT2D eigenvalue weighted by Gasteiger charge is 2.34. The van der Waals surface area contributed by atoms with Crippen LogP contribution in [0.25, 0.3) is 0 Å². The summed E-state index contributed by atoms with van der Waals surface area (Å²) in [7, 11) is 0. The standard InChI is InChI=1S/C28H37N3O7/c1-27(2,3)37-25(32)29-17-15-22(16-18-29)30(26(33)38-28(4,5)6)21-11-13-23(14-12-21)36-19-20-9-7-8-10-24(20)31(34)35/h7-14,22H,15-19H2,1-6H3. The van der Waals surface area contributed by atoms with Gasteiger partial charge in [0.2, 0.25) is 0 Å². The van der Waals surface area contributed by atoms with E-state index in [-0.39, 0.29) is 24.4 Å². The summed E-state index contributed by atoms with van der Waals surface area (Å²) in [4.78, 5) is 39.9. The Morgan fingerprint density at radius 2 is 1.53 bits per heavy atom. The number of nitrogens with zero attached hydrogens (tertiary/aromatic N) is 3. The third-order valence-electron chi connectivity index (χ3n) is 5.77. The molecule has 2 aromatic rings. The largest absolute Gasteiger partial charge is 0.489 e. The number of rotatable bonds is 6. The van der Waals surface area contributed by atoms with Crippen molar-refractivity contribution in [1.82, 2.24) is 4.90 Å². The Kier molecular flexibility index (Phi) is 8.85. The molecule has 1 heterocycles. The number of ether oxygens (including phenoxy) is 3. The Bertz CT molecular complexity index is 1130. The van der Waals surface area contributed by atoms with E-state index in [4.69, 9.17) is 14.2 Å². The topological polar surface area (TPSA) is 111 Å². The van der Waals surface area contributed by atoms with Gasteiger partial charge in [0.1, 0.15) is 23.6 Å². The molecule has 0 saturated carbocycles. The molecular formula is C28H37N3O7. The summed E-state index contributed by atoms with van der Waals surface area (Å²) >= 11 is 0. The van der Waals surface area contributed by atoms with E-state index >= 15 is 0 Å². The molecule has 0 aliphatic carbocycles. The van der Waals surface area contributed by atoms with Crippen LogP contribution in [0.4, 0.5) is 21.0 Å². The fraction of sp³-hybridized carbons (Fsp3) is 0.500. The average molecular weight is 528 g/mol. The van der Waals surface area contributed by atoms with E-state index in [1.165, 1.54) is 6.07 Å². The molecule has 206 valence electrons. The molecule has 1 saturated heterocycles. The number of carbonyl (C=O) groups is 2. The minimum absolute atomic E-state index is 0.00190. The van der Waals surface area contributed by atoms with Crippen LogP contribution in [-0.2, 0) is 16.1 Å². The zero-order chi connectivity index (χ0) is 28.1. The third-order valence-corrected chi connectivity index (χ3v) is 5.77. The number of benzene rings is 2. The molecule has 0 radical (unpaired) electrons. The first-order chi connectivity index (χ1) is 17.7. The maximum atomic E-state index is 13.3. The molecule has 2 aromatic carbocycles. The fourth-order valence-corrected chi connectivity index (χ4v) is 4.08. The van der Waals surface area contributed by atoms with Crippen molar-refractivity contribution in [3.05, 3.63) is 64.2 Å². The first-order valence-corrected chi connectivity index (χ1v) is 12.7. The number of hydrogen-bond acceptors (Lipinski definition) is 7. The summed E-state index contributed by atoms with van der Waals surface area (Å²) in [5.74, 6) is 0.510. The Labute approximate surface area is 223 Å². The molecule has 10 heteroatoms. The number of carbonyl (C=O) groups excluding carboxylic acids is 2. The molecule has 3 rings (SSSR count). The molecule has 0 unspecified atom stereocenters. The van der Waals surface area contributed by atoms with Gasteiger partial charge in [-0.15, -0.1) is 0 Å². The van der Waals surface area contributed by atoms with E-state index in [1.807, 2.05) is 41.5 Å². The lowest BCUT2D eigenvalue weighted by atomic mass is 10.0. The zero-order valence-corrected chi connectivity index (χ0v) is 22.9. The van der Waals surface area contributed by atoms with Crippen molar-refractivity contribution < 1.29 is 28.7 Å². The maximum absolute atomic E-state index is 13.3. The van der Waals surface area contributed by atoms with Gasteiger partial charge in [0.25, 0.3) is 5.69 Å². The molecule has 10 nitrogen and oxygen atoms in total. The third kappa shape index (κ3) is 8.09. The number of anilines is 1. The maximum Gasteiger partial charge on any atom is 0.415 e. The van der Waals surface area contributed by atoms with Gasteiger partial charge in [-0.1, -0.05) is 12.1 Å². The Morgan fingerprint density at radius 1 is 0.947 bits per heavy atom. The summed E-state index contributed by atoms with van der Waals surface area (Å²) in [5, 5.41) is 11.3. The number of para-hydroxylation sites is 1. The number of hydrogen-bond donors (Lipinski definition) is 0. The number of piperidine rings is 1. The van der Waals surface area contributed by atoms with Crippen molar-refractivity contribution in [1.29, 1.82) is 0 Å². The summed E-state index contributed by atoms with van der Waals surface area (Å²) in [6.45, 7) is 11.9. The van der Waals surface area contributed by atoms with Gasteiger partial charge in [-0.2, -0.15) is 0 Å². The van der Waals surface area contributed by atoms with Crippen LogP contribution in [0, 0.1) is 10.1 Å². The van der Waals surface area contributed by atoms with Crippen molar-refractivity contribution >= 4 is 23.6 Å². The molecule has 0 aromatic heterocycles. The number of nitro groups is 1. The highest BCUT2D eigenvalue weighted by atomic mass is 16.6. The molecular weight excluding hydrogens is 490 g/mol. The second kappa shape index (κ2) is 11.7. The van der Waals surface area contributed by atoms with Gasteiger partial charge >= 0.3 is 12.2 Å². The van der Waals surface area contributed by atoms with Crippen molar-refractivity contribution in [2.24, 2.45) is 0 Å². The van der Waals surface area contributed by atoms with Gasteiger partial charge in [0.15, 0.2) is 0 Å². The van der Waals surface area contributed by atoms with Crippen LogP contribution in [0.15, 0.2) is 48.5 Å². The molecule has 38 heavy (non-hydrogen) atoms. The Balaban J connectivity index is 1.73. The van der Waals surface area contributed by atoms with Crippen LogP contribution in [0.2, 0.25) is 0 Å². The highest BCUT2D eigenvalue weighted by molar-refractivity contribution is 5.88. The molecule has 0 atom stereocenters. The van der Waals surface area contributed by atoms with E-state index in [2.05, 4.69) is 0 Å². The number of amides is 2. The predicted molar refractivity (Wildman–Crippen MR) is 143 cm³/mol. The average Bonchev–Trinajstić information content (AvgIpc) is 2.82. The highest BCUT2D eigenvalue weighted by Crippen LogP contribution is 2.29. The normalized spacial score (nSPS) is 14.5. The van der Waals surface area contributed by atoms with E-state index in [0.717, 1.165) is 0 Å². The minimum atomic E-state index is -0.681. The first-order valence-electron chi connectivity index (χ1n) is 12.7. The van der Waals surface area contributed by atoms with E-state index in [1.54, 1.807) is 52.3 Å². The predicted octanol–water partition coefficient (Wildman–Crippen LogP) is 6.31. The quantitative estimate of drug-likeness (QED) is 0.319. The number of nitro benzene ring substituents is 1. The van der Waals surface area contributed by atoms with Gasteiger partial charge < -0.3 is 19.1 Å². The van der Waals surface area contributed by atoms with E-state index in [0.29, 0.717) is 42.9 Å². The SMILES string of the molecule is CC(C)(C)OC(=O)N1CCC(N(C(=O)OC(C)(C)C)c2ccc(OCc3ccccc3[N+](=O)[O-])cc2)CC1. The van der Waals surface area contributed by atoms with Crippen molar-refractivity contribution in [3.63, 3.8) is 0 Å². The van der Waals surface area contributed by atoms with Crippen molar-refractivity contribution in [2.75, 3.05) is 18.0 Å². The lowest BCUT2D eigenvalue weighted by molar-refractivity contribution is -0.385. The van der Waals surface area contributed by atoms with Gasteiger partial charge in [-0.05, 0) is 84.7 Å². The summed E-state index contributed by atoms with van der Waals surface area (Å²) in [6, 6.07) is 13.2. The van der Waals surface area contributed by atoms with Gasteiger partial charge in [0, 0.05) is 30.9 Å². The van der Waals surface area contributed by atoms with Crippen molar-refractivity contribution in [2.45, 2.75) is 78.2 Å². The lowest BCUT2D eigenvalue weighted by Gasteiger charge is -2.39. The molecule has 1 aliphatic rings. The number of likely N-dealkylation sites (tertiary alicyclic amines) is 1. The minimum Gasteiger partial charge on any atom is -0.489 e. The van der Waals surface area contributed by atoms with Crippen LogP contribution < -0.4 is 9.64 Å². The van der Waals surface area contributed by atoms with Gasteiger partial charge in [0.05, 0.1) is 10.5 Å². The summed E-state index contributed by atoms with van der Waals surface area (Å²) < 4.78 is 17.0. The fourth-order valence-electron chi connectivity index (χ4n) is 4.08. The summed E-state index contributed by atoms with van der Waals surface area (Å²) in [5.41, 5.74) is -0.161. The van der Waals surface area contributed by atoms with Crippen LogP contribution in [0.5, 0.6) is 5.75 Å². The van der Waals surface area contributed by atoms with Crippen LogP contribution in [0.3, 0.4) is 0 Å². The monoisotopic (exact) mass is 527 g/mol. The van der Waals surface area contributed by atoms with Crippen molar-refractivity contribution in [3.8, 4) is 5.75 Å².